The third-order valence-corrected chi connectivity index (χ3v) is 1.93. The van der Waals surface area contributed by atoms with E-state index in [2.05, 4.69) is 17.2 Å². The number of ether oxygens (including phenoxy) is 2. The average molecular weight is 210 g/mol. The molecular formula is C11H18N2O2. The minimum absolute atomic E-state index is 0.275. The van der Waals surface area contributed by atoms with Gasteiger partial charge in [-0.2, -0.15) is 0 Å². The summed E-state index contributed by atoms with van der Waals surface area (Å²) in [7, 11) is 1.61. The van der Waals surface area contributed by atoms with E-state index in [1.165, 1.54) is 0 Å². The van der Waals surface area contributed by atoms with Gasteiger partial charge in [0.05, 0.1) is 13.7 Å². The molecule has 84 valence electrons. The Morgan fingerprint density at radius 3 is 3.00 bits per heavy atom. The third-order valence-electron chi connectivity index (χ3n) is 1.93. The van der Waals surface area contributed by atoms with Crippen LogP contribution in [0.1, 0.15) is 13.8 Å². The molecule has 1 N–H and O–H groups in total. The highest BCUT2D eigenvalue weighted by Crippen LogP contribution is 2.14. The van der Waals surface area contributed by atoms with Gasteiger partial charge in [0.2, 0.25) is 5.88 Å². The Labute approximate surface area is 90.6 Å². The van der Waals surface area contributed by atoms with E-state index in [0.29, 0.717) is 12.5 Å². The zero-order valence-corrected chi connectivity index (χ0v) is 9.49. The molecule has 0 fully saturated rings. The first kappa shape index (κ1) is 11.8. The van der Waals surface area contributed by atoms with Gasteiger partial charge in [0, 0.05) is 30.6 Å². The minimum atomic E-state index is 0.275. The molecule has 0 radical (unpaired) electrons. The van der Waals surface area contributed by atoms with Crippen molar-refractivity contribution in [3.05, 3.63) is 18.3 Å². The van der Waals surface area contributed by atoms with Gasteiger partial charge in [-0.15, -0.1) is 0 Å². The number of hydrogen-bond donors (Lipinski definition) is 1. The highest BCUT2D eigenvalue weighted by molar-refractivity contribution is 5.45. The number of nitrogens with zero attached hydrogens (tertiary/aromatic N) is 1. The number of anilines is 1. The lowest BCUT2D eigenvalue weighted by molar-refractivity contribution is 0.141. The van der Waals surface area contributed by atoms with E-state index in [4.69, 9.17) is 9.47 Å². The maximum absolute atomic E-state index is 5.31. The van der Waals surface area contributed by atoms with E-state index in [-0.39, 0.29) is 6.04 Å². The largest absolute Gasteiger partial charge is 0.481 e. The summed E-state index contributed by atoms with van der Waals surface area (Å²) in [4.78, 5) is 4.03. The third kappa shape index (κ3) is 4.16. The average Bonchev–Trinajstić information content (AvgIpc) is 2.26. The Balaban J connectivity index is 2.48. The van der Waals surface area contributed by atoms with Crippen molar-refractivity contribution in [3.8, 4) is 5.88 Å². The molecule has 15 heavy (non-hydrogen) atoms. The highest BCUT2D eigenvalue weighted by atomic mass is 16.5. The lowest BCUT2D eigenvalue weighted by atomic mass is 10.3. The topological polar surface area (TPSA) is 43.4 Å². The molecule has 1 rings (SSSR count). The summed E-state index contributed by atoms with van der Waals surface area (Å²) < 4.78 is 10.3. The fourth-order valence-electron chi connectivity index (χ4n) is 1.23. The predicted molar refractivity (Wildman–Crippen MR) is 60.4 cm³/mol. The van der Waals surface area contributed by atoms with Crippen LogP contribution in [0.4, 0.5) is 5.69 Å². The van der Waals surface area contributed by atoms with E-state index in [1.807, 2.05) is 19.1 Å². The first-order valence-corrected chi connectivity index (χ1v) is 5.10. The molecule has 0 saturated heterocycles. The monoisotopic (exact) mass is 210 g/mol. The molecule has 0 aromatic carbocycles. The second-order valence-electron chi connectivity index (χ2n) is 3.29. The summed E-state index contributed by atoms with van der Waals surface area (Å²) >= 11 is 0. The highest BCUT2D eigenvalue weighted by Gasteiger charge is 2.02. The van der Waals surface area contributed by atoms with Gasteiger partial charge >= 0.3 is 0 Å². The van der Waals surface area contributed by atoms with Crippen molar-refractivity contribution >= 4 is 5.69 Å². The summed E-state index contributed by atoms with van der Waals surface area (Å²) in [6.45, 7) is 5.50. The predicted octanol–water partition coefficient (Wildman–Crippen LogP) is 1.93. The van der Waals surface area contributed by atoms with E-state index in [9.17, 15) is 0 Å². The first-order chi connectivity index (χ1) is 7.26. The van der Waals surface area contributed by atoms with E-state index >= 15 is 0 Å². The van der Waals surface area contributed by atoms with Crippen molar-refractivity contribution in [2.24, 2.45) is 0 Å². The van der Waals surface area contributed by atoms with Gasteiger partial charge in [-0.25, -0.2) is 4.98 Å². The lowest BCUT2D eigenvalue weighted by Gasteiger charge is -2.15. The normalized spacial score (nSPS) is 12.2. The molecule has 0 saturated carbocycles. The Kier molecular flexibility index (Phi) is 4.90. The summed E-state index contributed by atoms with van der Waals surface area (Å²) in [5.74, 6) is 0.614. The van der Waals surface area contributed by atoms with Crippen LogP contribution in [0, 0.1) is 0 Å². The van der Waals surface area contributed by atoms with Gasteiger partial charge in [-0.1, -0.05) is 0 Å². The second kappa shape index (κ2) is 6.24. The van der Waals surface area contributed by atoms with Crippen LogP contribution in [0.2, 0.25) is 0 Å². The zero-order valence-electron chi connectivity index (χ0n) is 9.49. The van der Waals surface area contributed by atoms with Crippen LogP contribution in [0.15, 0.2) is 18.3 Å². The summed E-state index contributed by atoms with van der Waals surface area (Å²) in [5, 5.41) is 3.31. The van der Waals surface area contributed by atoms with Crippen LogP contribution in [0.5, 0.6) is 5.88 Å². The molecule has 1 aromatic heterocycles. The number of aromatic nitrogens is 1. The van der Waals surface area contributed by atoms with Gasteiger partial charge < -0.3 is 14.8 Å². The fourth-order valence-corrected chi connectivity index (χ4v) is 1.23. The van der Waals surface area contributed by atoms with Crippen LogP contribution >= 0.6 is 0 Å². The van der Waals surface area contributed by atoms with Crippen molar-refractivity contribution in [2.75, 3.05) is 25.6 Å². The van der Waals surface area contributed by atoms with E-state index in [1.54, 1.807) is 13.3 Å². The Morgan fingerprint density at radius 2 is 2.33 bits per heavy atom. The maximum Gasteiger partial charge on any atom is 0.214 e. The van der Waals surface area contributed by atoms with Crippen molar-refractivity contribution in [1.82, 2.24) is 4.98 Å². The van der Waals surface area contributed by atoms with Crippen molar-refractivity contribution in [1.29, 1.82) is 0 Å². The molecule has 0 amide bonds. The molecular weight excluding hydrogens is 192 g/mol. The van der Waals surface area contributed by atoms with Gasteiger partial charge in [0.1, 0.15) is 0 Å². The molecule has 0 aliphatic carbocycles. The Hall–Kier alpha value is -1.29. The first-order valence-electron chi connectivity index (χ1n) is 5.10. The Morgan fingerprint density at radius 1 is 1.53 bits per heavy atom. The van der Waals surface area contributed by atoms with Gasteiger partial charge in [-0.05, 0) is 19.9 Å². The van der Waals surface area contributed by atoms with Crippen LogP contribution in [0.25, 0.3) is 0 Å². The second-order valence-corrected chi connectivity index (χ2v) is 3.29. The molecule has 0 spiro atoms. The number of pyridine rings is 1. The summed E-state index contributed by atoms with van der Waals surface area (Å²) in [6.07, 6.45) is 1.72. The Bertz CT molecular complexity index is 292. The maximum atomic E-state index is 5.31. The molecule has 0 aliphatic heterocycles. The quantitative estimate of drug-likeness (QED) is 0.779. The van der Waals surface area contributed by atoms with E-state index in [0.717, 1.165) is 12.3 Å². The van der Waals surface area contributed by atoms with Crippen LogP contribution in [-0.2, 0) is 4.74 Å². The number of nitrogens with one attached hydrogen (secondary N) is 1. The summed E-state index contributed by atoms with van der Waals surface area (Å²) in [6, 6.07) is 4.05. The number of methoxy groups -OCH3 is 1. The van der Waals surface area contributed by atoms with Gasteiger partial charge in [0.15, 0.2) is 0 Å². The van der Waals surface area contributed by atoms with Crippen LogP contribution < -0.4 is 10.1 Å². The fraction of sp³-hybridized carbons (Fsp3) is 0.545. The van der Waals surface area contributed by atoms with E-state index < -0.39 is 0 Å². The molecule has 0 aliphatic rings. The summed E-state index contributed by atoms with van der Waals surface area (Å²) in [5.41, 5.74) is 0.994. The zero-order chi connectivity index (χ0) is 11.1. The molecule has 0 bridgehead atoms. The lowest BCUT2D eigenvalue weighted by Crippen LogP contribution is -2.21. The van der Waals surface area contributed by atoms with Crippen molar-refractivity contribution in [2.45, 2.75) is 19.9 Å². The smallest absolute Gasteiger partial charge is 0.214 e. The molecule has 1 heterocycles. The van der Waals surface area contributed by atoms with Gasteiger partial charge in [-0.3, -0.25) is 0 Å². The van der Waals surface area contributed by atoms with Gasteiger partial charge in [0.25, 0.3) is 0 Å². The minimum Gasteiger partial charge on any atom is -0.481 e. The SMILES string of the molecule is CCOCC(C)Nc1ccnc(OC)c1. The molecule has 1 unspecified atom stereocenters. The molecule has 4 nitrogen and oxygen atoms in total. The standard InChI is InChI=1S/C11H18N2O2/c1-4-15-8-9(2)13-10-5-6-12-11(7-10)14-3/h5-7,9H,4,8H2,1-3H3,(H,12,13). The molecule has 1 atom stereocenters. The van der Waals surface area contributed by atoms with Crippen LogP contribution in [-0.4, -0.2) is 31.3 Å². The number of rotatable bonds is 6. The molecule has 1 aromatic rings. The van der Waals surface area contributed by atoms with Crippen molar-refractivity contribution < 1.29 is 9.47 Å². The van der Waals surface area contributed by atoms with Crippen LogP contribution in [0.3, 0.4) is 0 Å². The number of hydrogen-bond acceptors (Lipinski definition) is 4. The van der Waals surface area contributed by atoms with Crippen molar-refractivity contribution in [3.63, 3.8) is 0 Å². The molecule has 4 heteroatoms.